The second kappa shape index (κ2) is 4.10. The monoisotopic (exact) mass is 165 g/mol. The first kappa shape index (κ1) is 9.04. The summed E-state index contributed by atoms with van der Waals surface area (Å²) in [4.78, 5) is 14.5. The topological polar surface area (TPSA) is 32.9 Å². The molecule has 66 valence electrons. The Morgan fingerprint density at radius 3 is 2.58 bits per heavy atom. The van der Waals surface area contributed by atoms with Crippen LogP contribution in [0.4, 0.5) is 0 Å². The number of hydrogen-bond acceptors (Lipinski definition) is 1. The van der Waals surface area contributed by atoms with Gasteiger partial charge in [0.05, 0.1) is 0 Å². The van der Waals surface area contributed by atoms with Crippen LogP contribution >= 0.6 is 0 Å². The maximum Gasteiger partial charge on any atom is 0.167 e. The molecule has 0 aliphatic carbocycles. The third-order valence-electron chi connectivity index (χ3n) is 2.24. The van der Waals surface area contributed by atoms with Crippen molar-refractivity contribution in [2.75, 3.05) is 0 Å². The van der Waals surface area contributed by atoms with Crippen molar-refractivity contribution >= 4 is 5.78 Å². The quantitative estimate of drug-likeness (QED) is 0.683. The Labute approximate surface area is 73.0 Å². The molecule has 0 unspecified atom stereocenters. The van der Waals surface area contributed by atoms with Gasteiger partial charge in [-0.15, -0.1) is 0 Å². The molecule has 0 aliphatic heterocycles. The van der Waals surface area contributed by atoms with Crippen LogP contribution in [0.5, 0.6) is 0 Å². The molecular weight excluding hydrogens is 150 g/mol. The molecule has 12 heavy (non-hydrogen) atoms. The number of aromatic nitrogens is 1. The average Bonchev–Trinajstić information content (AvgIpc) is 2.58. The number of aromatic amines is 1. The van der Waals surface area contributed by atoms with Gasteiger partial charge in [-0.05, 0) is 18.9 Å². The van der Waals surface area contributed by atoms with Crippen molar-refractivity contribution in [2.24, 2.45) is 5.92 Å². The van der Waals surface area contributed by atoms with Gasteiger partial charge in [-0.25, -0.2) is 0 Å². The van der Waals surface area contributed by atoms with Gasteiger partial charge in [-0.1, -0.05) is 13.8 Å². The Balaban J connectivity index is 2.70. The molecule has 0 bridgehead atoms. The molecule has 1 rings (SSSR count). The highest BCUT2D eigenvalue weighted by Gasteiger charge is 2.15. The Bertz CT molecular complexity index is 234. The van der Waals surface area contributed by atoms with Crippen molar-refractivity contribution in [3.05, 3.63) is 24.0 Å². The van der Waals surface area contributed by atoms with Crippen LogP contribution in [0.15, 0.2) is 18.5 Å². The standard InChI is InChI=1S/C10H15NO/c1-3-8(4-2)10(12)9-5-6-11-7-9/h5-8,11H,3-4H2,1-2H3. The lowest BCUT2D eigenvalue weighted by atomic mass is 9.95. The molecule has 1 aromatic rings. The fraction of sp³-hybridized carbons (Fsp3) is 0.500. The second-order valence-electron chi connectivity index (χ2n) is 2.98. The molecule has 0 saturated heterocycles. The number of nitrogens with one attached hydrogen (secondary N) is 1. The van der Waals surface area contributed by atoms with Crippen LogP contribution in [0, 0.1) is 5.92 Å². The van der Waals surface area contributed by atoms with E-state index in [9.17, 15) is 4.79 Å². The summed E-state index contributed by atoms with van der Waals surface area (Å²) in [6.45, 7) is 4.11. The largest absolute Gasteiger partial charge is 0.367 e. The third kappa shape index (κ3) is 1.76. The number of hydrogen-bond donors (Lipinski definition) is 1. The van der Waals surface area contributed by atoms with E-state index in [-0.39, 0.29) is 11.7 Å². The van der Waals surface area contributed by atoms with Gasteiger partial charge < -0.3 is 4.98 Å². The van der Waals surface area contributed by atoms with Gasteiger partial charge in [0.2, 0.25) is 0 Å². The fourth-order valence-corrected chi connectivity index (χ4v) is 1.37. The first-order valence-corrected chi connectivity index (χ1v) is 4.46. The zero-order valence-electron chi connectivity index (χ0n) is 7.63. The van der Waals surface area contributed by atoms with Crippen molar-refractivity contribution in [1.82, 2.24) is 4.98 Å². The Morgan fingerprint density at radius 2 is 2.17 bits per heavy atom. The smallest absolute Gasteiger partial charge is 0.167 e. The summed E-state index contributed by atoms with van der Waals surface area (Å²) in [5.41, 5.74) is 0.809. The molecule has 0 saturated carbocycles. The van der Waals surface area contributed by atoms with E-state index < -0.39 is 0 Å². The van der Waals surface area contributed by atoms with E-state index in [1.807, 2.05) is 6.07 Å². The fourth-order valence-electron chi connectivity index (χ4n) is 1.37. The molecule has 0 amide bonds. The molecule has 1 N–H and O–H groups in total. The van der Waals surface area contributed by atoms with E-state index in [2.05, 4.69) is 18.8 Å². The highest BCUT2D eigenvalue weighted by atomic mass is 16.1. The van der Waals surface area contributed by atoms with Gasteiger partial charge in [0.15, 0.2) is 5.78 Å². The summed E-state index contributed by atoms with van der Waals surface area (Å²) < 4.78 is 0. The maximum absolute atomic E-state index is 11.6. The SMILES string of the molecule is CCC(CC)C(=O)c1cc[nH]c1. The van der Waals surface area contributed by atoms with E-state index in [0.717, 1.165) is 18.4 Å². The van der Waals surface area contributed by atoms with E-state index >= 15 is 0 Å². The van der Waals surface area contributed by atoms with E-state index in [0.29, 0.717) is 0 Å². The van der Waals surface area contributed by atoms with Gasteiger partial charge in [-0.2, -0.15) is 0 Å². The first-order valence-electron chi connectivity index (χ1n) is 4.46. The van der Waals surface area contributed by atoms with Crippen molar-refractivity contribution in [2.45, 2.75) is 26.7 Å². The summed E-state index contributed by atoms with van der Waals surface area (Å²) in [7, 11) is 0. The van der Waals surface area contributed by atoms with Crippen molar-refractivity contribution in [3.8, 4) is 0 Å². The minimum absolute atomic E-state index is 0.195. The second-order valence-corrected chi connectivity index (χ2v) is 2.98. The molecule has 0 spiro atoms. The van der Waals surface area contributed by atoms with Crippen LogP contribution < -0.4 is 0 Å². The zero-order chi connectivity index (χ0) is 8.97. The third-order valence-corrected chi connectivity index (χ3v) is 2.24. The molecular formula is C10H15NO. The van der Waals surface area contributed by atoms with E-state index in [4.69, 9.17) is 0 Å². The van der Waals surface area contributed by atoms with Gasteiger partial charge in [0.25, 0.3) is 0 Å². The minimum Gasteiger partial charge on any atom is -0.367 e. The van der Waals surface area contributed by atoms with E-state index in [1.54, 1.807) is 12.4 Å². The summed E-state index contributed by atoms with van der Waals surface area (Å²) in [6, 6.07) is 1.83. The Morgan fingerprint density at radius 1 is 1.50 bits per heavy atom. The minimum atomic E-state index is 0.195. The zero-order valence-corrected chi connectivity index (χ0v) is 7.63. The van der Waals surface area contributed by atoms with Gasteiger partial charge in [0, 0.05) is 23.9 Å². The van der Waals surface area contributed by atoms with Crippen molar-refractivity contribution in [3.63, 3.8) is 0 Å². The molecule has 0 atom stereocenters. The number of rotatable bonds is 4. The maximum atomic E-state index is 11.6. The summed E-state index contributed by atoms with van der Waals surface area (Å²) in [6.07, 6.45) is 5.41. The molecule has 1 aromatic heterocycles. The Hall–Kier alpha value is -1.05. The van der Waals surface area contributed by atoms with Crippen LogP contribution in [-0.4, -0.2) is 10.8 Å². The highest BCUT2D eigenvalue weighted by molar-refractivity contribution is 5.97. The van der Waals surface area contributed by atoms with Gasteiger partial charge >= 0.3 is 0 Å². The predicted octanol–water partition coefficient (Wildman–Crippen LogP) is 2.63. The summed E-state index contributed by atoms with van der Waals surface area (Å²) in [5.74, 6) is 0.460. The lowest BCUT2D eigenvalue weighted by Crippen LogP contribution is -2.11. The normalized spacial score (nSPS) is 10.6. The summed E-state index contributed by atoms with van der Waals surface area (Å²) in [5, 5.41) is 0. The van der Waals surface area contributed by atoms with Crippen molar-refractivity contribution in [1.29, 1.82) is 0 Å². The first-order chi connectivity index (χ1) is 5.79. The molecule has 2 nitrogen and oxygen atoms in total. The molecule has 0 aromatic carbocycles. The Kier molecular flexibility index (Phi) is 3.09. The van der Waals surface area contributed by atoms with Crippen LogP contribution in [-0.2, 0) is 0 Å². The predicted molar refractivity (Wildman–Crippen MR) is 49.2 cm³/mol. The van der Waals surface area contributed by atoms with Gasteiger partial charge in [0.1, 0.15) is 0 Å². The van der Waals surface area contributed by atoms with Crippen LogP contribution in [0.2, 0.25) is 0 Å². The van der Waals surface area contributed by atoms with Crippen LogP contribution in [0.1, 0.15) is 37.0 Å². The average molecular weight is 165 g/mol. The van der Waals surface area contributed by atoms with Crippen LogP contribution in [0.3, 0.4) is 0 Å². The molecule has 1 heterocycles. The van der Waals surface area contributed by atoms with E-state index in [1.165, 1.54) is 0 Å². The van der Waals surface area contributed by atoms with Gasteiger partial charge in [-0.3, -0.25) is 4.79 Å². The molecule has 0 radical (unpaired) electrons. The molecule has 0 fully saturated rings. The molecule has 0 aliphatic rings. The highest BCUT2D eigenvalue weighted by Crippen LogP contribution is 2.14. The number of carbonyl (C=O) groups excluding carboxylic acids is 1. The molecule has 2 heteroatoms. The number of H-pyrrole nitrogens is 1. The number of ketones is 1. The number of Topliss-reactive ketones (excluding diaryl/α,β-unsaturated/α-hetero) is 1. The van der Waals surface area contributed by atoms with Crippen LogP contribution in [0.25, 0.3) is 0 Å². The number of carbonyl (C=O) groups is 1. The lowest BCUT2D eigenvalue weighted by Gasteiger charge is -2.08. The lowest BCUT2D eigenvalue weighted by molar-refractivity contribution is 0.0913. The summed E-state index contributed by atoms with van der Waals surface area (Å²) >= 11 is 0. The van der Waals surface area contributed by atoms with Crippen molar-refractivity contribution < 1.29 is 4.79 Å².